The average Bonchev–Trinajstić information content (AvgIpc) is 2.74. The van der Waals surface area contributed by atoms with Crippen LogP contribution in [0.5, 0.6) is 0 Å². The van der Waals surface area contributed by atoms with Crippen molar-refractivity contribution in [3.63, 3.8) is 0 Å². The second-order valence-corrected chi connectivity index (χ2v) is 8.07. The van der Waals surface area contributed by atoms with Gasteiger partial charge in [-0.15, -0.1) is 0 Å². The molecular weight excluding hydrogens is 462 g/mol. The second kappa shape index (κ2) is 9.13. The molecule has 0 radical (unpaired) electrons. The van der Waals surface area contributed by atoms with Crippen molar-refractivity contribution in [1.82, 2.24) is 14.9 Å². The van der Waals surface area contributed by atoms with Crippen molar-refractivity contribution in [3.05, 3.63) is 64.9 Å². The Morgan fingerprint density at radius 2 is 1.87 bits per heavy atom. The largest absolute Gasteiger partial charge is 0.465 e. The number of nitrogens with one attached hydrogen (secondary N) is 2. The lowest BCUT2D eigenvalue weighted by Gasteiger charge is -2.25. The number of anilines is 3. The fourth-order valence-electron chi connectivity index (χ4n) is 3.43. The number of carboxylic acid groups (broad SMARTS) is 1. The third kappa shape index (κ3) is 5.18. The van der Waals surface area contributed by atoms with E-state index in [0.717, 1.165) is 26.6 Å². The first kappa shape index (κ1) is 20.8. The zero-order valence-electron chi connectivity index (χ0n) is 16.5. The van der Waals surface area contributed by atoms with Crippen molar-refractivity contribution in [2.24, 2.45) is 0 Å². The van der Waals surface area contributed by atoms with E-state index in [1.165, 1.54) is 11.2 Å². The van der Waals surface area contributed by atoms with Gasteiger partial charge in [-0.25, -0.2) is 14.8 Å². The van der Waals surface area contributed by atoms with E-state index in [2.05, 4.69) is 36.5 Å². The first-order valence-electron chi connectivity index (χ1n) is 9.73. The summed E-state index contributed by atoms with van der Waals surface area (Å²) in [6.07, 6.45) is 3.26. The van der Waals surface area contributed by atoms with Crippen molar-refractivity contribution in [1.29, 1.82) is 0 Å². The number of carbonyl (C=O) groups is 2. The number of likely N-dealkylation sites (tertiary alicyclic amines) is 1. The number of amides is 2. The minimum absolute atomic E-state index is 0.239. The lowest BCUT2D eigenvalue weighted by Crippen LogP contribution is -2.35. The molecule has 2 heterocycles. The Morgan fingerprint density at radius 3 is 2.61 bits per heavy atom. The van der Waals surface area contributed by atoms with Crippen LogP contribution in [0, 0.1) is 0 Å². The predicted octanol–water partition coefficient (Wildman–Crippen LogP) is 4.77. The van der Waals surface area contributed by atoms with Crippen molar-refractivity contribution >= 4 is 56.0 Å². The molecule has 0 spiro atoms. The molecule has 2 aromatic carbocycles. The number of piperidine rings is 1. The molecule has 1 aliphatic heterocycles. The van der Waals surface area contributed by atoms with Crippen LogP contribution in [0.25, 0.3) is 10.9 Å². The van der Waals surface area contributed by atoms with E-state index in [4.69, 9.17) is 5.11 Å². The van der Waals surface area contributed by atoms with E-state index in [1.54, 1.807) is 12.1 Å². The lowest BCUT2D eigenvalue weighted by atomic mass is 10.0. The first-order valence-corrected chi connectivity index (χ1v) is 10.5. The molecule has 8 nitrogen and oxygen atoms in total. The zero-order valence-corrected chi connectivity index (χ0v) is 18.1. The van der Waals surface area contributed by atoms with Gasteiger partial charge in [-0.3, -0.25) is 4.79 Å². The first-order chi connectivity index (χ1) is 15.0. The van der Waals surface area contributed by atoms with Crippen LogP contribution in [0.3, 0.4) is 0 Å². The molecule has 0 saturated carbocycles. The number of halogens is 1. The summed E-state index contributed by atoms with van der Waals surface area (Å²) in [5, 5.41) is 16.0. The maximum absolute atomic E-state index is 12.5. The minimum Gasteiger partial charge on any atom is -0.465 e. The minimum atomic E-state index is -0.922. The fraction of sp³-hybridized carbons (Fsp3) is 0.182. The molecule has 1 saturated heterocycles. The molecule has 3 N–H and O–H groups in total. The summed E-state index contributed by atoms with van der Waals surface area (Å²) in [5.74, 6) is 0.398. The number of aromatic nitrogens is 2. The van der Waals surface area contributed by atoms with Gasteiger partial charge in [0, 0.05) is 40.4 Å². The standard InChI is InChI=1S/C22H20BrN5O3/c23-15-2-1-3-16(11-15)27-21-18-12-17(4-5-19(18)24-13-25-21)26-20(29)10-14-6-8-28(9-7-14)22(30)31/h1-5,10-13H,6-9H2,(H,26,29)(H,30,31)(H,24,25,27). The van der Waals surface area contributed by atoms with Gasteiger partial charge < -0.3 is 20.6 Å². The number of nitrogens with zero attached hydrogens (tertiary/aromatic N) is 3. The van der Waals surface area contributed by atoms with E-state index in [1.807, 2.05) is 36.4 Å². The number of rotatable bonds is 4. The van der Waals surface area contributed by atoms with Crippen LogP contribution < -0.4 is 10.6 Å². The van der Waals surface area contributed by atoms with Gasteiger partial charge in [-0.05, 0) is 49.2 Å². The summed E-state index contributed by atoms with van der Waals surface area (Å²) in [6.45, 7) is 0.818. The van der Waals surface area contributed by atoms with E-state index < -0.39 is 6.09 Å². The normalized spacial score (nSPS) is 13.7. The second-order valence-electron chi connectivity index (χ2n) is 7.15. The third-order valence-corrected chi connectivity index (χ3v) is 5.49. The number of hydrogen-bond donors (Lipinski definition) is 3. The summed E-state index contributed by atoms with van der Waals surface area (Å²) in [5.41, 5.74) is 3.20. The van der Waals surface area contributed by atoms with Crippen LogP contribution in [0.2, 0.25) is 0 Å². The van der Waals surface area contributed by atoms with E-state index in [-0.39, 0.29) is 5.91 Å². The van der Waals surface area contributed by atoms with Gasteiger partial charge in [0.1, 0.15) is 12.1 Å². The quantitative estimate of drug-likeness (QED) is 0.463. The highest BCUT2D eigenvalue weighted by Crippen LogP contribution is 2.27. The monoisotopic (exact) mass is 481 g/mol. The van der Waals surface area contributed by atoms with E-state index >= 15 is 0 Å². The smallest absolute Gasteiger partial charge is 0.407 e. The molecule has 2 amide bonds. The maximum Gasteiger partial charge on any atom is 0.407 e. The highest BCUT2D eigenvalue weighted by Gasteiger charge is 2.18. The molecule has 31 heavy (non-hydrogen) atoms. The van der Waals surface area contributed by atoms with Crippen LogP contribution in [0.4, 0.5) is 22.0 Å². The van der Waals surface area contributed by atoms with Crippen LogP contribution in [-0.4, -0.2) is 45.1 Å². The summed E-state index contributed by atoms with van der Waals surface area (Å²) in [7, 11) is 0. The Hall–Kier alpha value is -3.46. The molecule has 0 atom stereocenters. The molecule has 1 aliphatic rings. The van der Waals surface area contributed by atoms with Crippen LogP contribution >= 0.6 is 15.9 Å². The molecule has 9 heteroatoms. The third-order valence-electron chi connectivity index (χ3n) is 5.00. The molecule has 0 aliphatic carbocycles. The summed E-state index contributed by atoms with van der Waals surface area (Å²) in [6, 6.07) is 13.2. The zero-order chi connectivity index (χ0) is 21.8. The SMILES string of the molecule is O=C(C=C1CCN(C(=O)O)CC1)Nc1ccc2ncnc(Nc3cccc(Br)c3)c2c1. The van der Waals surface area contributed by atoms with Gasteiger partial charge in [0.2, 0.25) is 5.91 Å². The van der Waals surface area contributed by atoms with Crippen LogP contribution in [0.15, 0.2) is 64.9 Å². The van der Waals surface area contributed by atoms with E-state index in [9.17, 15) is 9.59 Å². The van der Waals surface area contributed by atoms with Crippen molar-refractivity contribution in [2.75, 3.05) is 23.7 Å². The summed E-state index contributed by atoms with van der Waals surface area (Å²) in [4.78, 5) is 33.5. The molecule has 158 valence electrons. The number of hydrogen-bond acceptors (Lipinski definition) is 5. The maximum atomic E-state index is 12.5. The van der Waals surface area contributed by atoms with Gasteiger partial charge in [0.05, 0.1) is 5.52 Å². The highest BCUT2D eigenvalue weighted by molar-refractivity contribution is 9.10. The molecule has 0 bridgehead atoms. The average molecular weight is 482 g/mol. The van der Waals surface area contributed by atoms with Gasteiger partial charge >= 0.3 is 6.09 Å². The Labute approximate surface area is 187 Å². The number of benzene rings is 2. The molecule has 1 aromatic heterocycles. The van der Waals surface area contributed by atoms with Gasteiger partial charge in [-0.1, -0.05) is 27.6 Å². The Kier molecular flexibility index (Phi) is 6.13. The molecule has 3 aromatic rings. The van der Waals surface area contributed by atoms with Crippen molar-refractivity contribution in [3.8, 4) is 0 Å². The lowest BCUT2D eigenvalue weighted by molar-refractivity contribution is -0.112. The summed E-state index contributed by atoms with van der Waals surface area (Å²) < 4.78 is 0.950. The fourth-order valence-corrected chi connectivity index (χ4v) is 3.83. The highest BCUT2D eigenvalue weighted by atomic mass is 79.9. The Balaban J connectivity index is 1.50. The number of fused-ring (bicyclic) bond motifs is 1. The molecule has 4 rings (SSSR count). The Morgan fingerprint density at radius 1 is 1.06 bits per heavy atom. The molecule has 0 unspecified atom stereocenters. The van der Waals surface area contributed by atoms with E-state index in [0.29, 0.717) is 37.4 Å². The van der Waals surface area contributed by atoms with Gasteiger partial charge in [0.15, 0.2) is 0 Å². The number of carbonyl (C=O) groups excluding carboxylic acids is 1. The molecule has 1 fully saturated rings. The Bertz CT molecular complexity index is 1170. The van der Waals surface area contributed by atoms with Crippen LogP contribution in [-0.2, 0) is 4.79 Å². The van der Waals surface area contributed by atoms with Gasteiger partial charge in [0.25, 0.3) is 0 Å². The van der Waals surface area contributed by atoms with Crippen molar-refractivity contribution in [2.45, 2.75) is 12.8 Å². The predicted molar refractivity (Wildman–Crippen MR) is 123 cm³/mol. The summed E-state index contributed by atoms with van der Waals surface area (Å²) >= 11 is 3.46. The van der Waals surface area contributed by atoms with Crippen molar-refractivity contribution < 1.29 is 14.7 Å². The topological polar surface area (TPSA) is 107 Å². The molecular formula is C22H20BrN5O3. The van der Waals surface area contributed by atoms with Crippen LogP contribution in [0.1, 0.15) is 12.8 Å². The van der Waals surface area contributed by atoms with Gasteiger partial charge in [-0.2, -0.15) is 0 Å².